The first-order chi connectivity index (χ1) is 7.83. The second kappa shape index (κ2) is 7.65. The number of aliphatic hydroxyl groups is 1. The Balaban J connectivity index is 2.65. The standard InChI is InChI=1S/C13H24N2O/c1-2-8-15(9-10-16)13-7-5-3-4-6-12(13)11-14/h12-13,16H,2-10H2,1H3. The summed E-state index contributed by atoms with van der Waals surface area (Å²) in [5.41, 5.74) is 0. The first-order valence-corrected chi connectivity index (χ1v) is 6.58. The van der Waals surface area contributed by atoms with Gasteiger partial charge in [0.15, 0.2) is 0 Å². The van der Waals surface area contributed by atoms with E-state index in [9.17, 15) is 5.26 Å². The quantitative estimate of drug-likeness (QED) is 0.728. The molecule has 2 atom stereocenters. The van der Waals surface area contributed by atoms with Crippen molar-refractivity contribution in [3.05, 3.63) is 0 Å². The van der Waals surface area contributed by atoms with Gasteiger partial charge in [0.05, 0.1) is 18.6 Å². The fourth-order valence-corrected chi connectivity index (χ4v) is 2.73. The van der Waals surface area contributed by atoms with E-state index in [-0.39, 0.29) is 12.5 Å². The predicted molar refractivity (Wildman–Crippen MR) is 64.9 cm³/mol. The number of hydrogen-bond donors (Lipinski definition) is 1. The molecule has 3 heteroatoms. The molecule has 1 saturated carbocycles. The van der Waals surface area contributed by atoms with Gasteiger partial charge in [-0.25, -0.2) is 0 Å². The van der Waals surface area contributed by atoms with Crippen molar-refractivity contribution in [2.45, 2.75) is 51.5 Å². The molecule has 1 fully saturated rings. The van der Waals surface area contributed by atoms with Gasteiger partial charge in [-0.15, -0.1) is 0 Å². The summed E-state index contributed by atoms with van der Waals surface area (Å²) in [4.78, 5) is 2.32. The van der Waals surface area contributed by atoms with Crippen LogP contribution in [0.25, 0.3) is 0 Å². The molecule has 0 saturated heterocycles. The molecule has 1 aliphatic carbocycles. The van der Waals surface area contributed by atoms with Crippen LogP contribution in [0.2, 0.25) is 0 Å². The minimum Gasteiger partial charge on any atom is -0.395 e. The van der Waals surface area contributed by atoms with Crippen LogP contribution in [0.1, 0.15) is 45.4 Å². The Morgan fingerprint density at radius 2 is 2.00 bits per heavy atom. The van der Waals surface area contributed by atoms with Gasteiger partial charge in [-0.1, -0.05) is 26.2 Å². The van der Waals surface area contributed by atoms with Crippen LogP contribution in [-0.4, -0.2) is 35.7 Å². The molecule has 0 heterocycles. The van der Waals surface area contributed by atoms with Crippen molar-refractivity contribution in [2.24, 2.45) is 5.92 Å². The lowest BCUT2D eigenvalue weighted by Gasteiger charge is -2.32. The summed E-state index contributed by atoms with van der Waals surface area (Å²) >= 11 is 0. The molecule has 0 spiro atoms. The molecule has 0 radical (unpaired) electrons. The maximum absolute atomic E-state index is 9.23. The van der Waals surface area contributed by atoms with Gasteiger partial charge in [0, 0.05) is 12.6 Å². The van der Waals surface area contributed by atoms with E-state index >= 15 is 0 Å². The van der Waals surface area contributed by atoms with Gasteiger partial charge in [0.1, 0.15) is 0 Å². The van der Waals surface area contributed by atoms with Crippen molar-refractivity contribution in [1.82, 2.24) is 4.90 Å². The lowest BCUT2D eigenvalue weighted by atomic mass is 9.94. The van der Waals surface area contributed by atoms with E-state index in [2.05, 4.69) is 17.9 Å². The third-order valence-electron chi connectivity index (χ3n) is 3.51. The summed E-state index contributed by atoms with van der Waals surface area (Å²) in [7, 11) is 0. The van der Waals surface area contributed by atoms with Gasteiger partial charge in [-0.2, -0.15) is 5.26 Å². The molecule has 1 N–H and O–H groups in total. The van der Waals surface area contributed by atoms with E-state index in [1.807, 2.05) is 0 Å². The van der Waals surface area contributed by atoms with E-state index < -0.39 is 0 Å². The zero-order chi connectivity index (χ0) is 11.8. The van der Waals surface area contributed by atoms with Gasteiger partial charge < -0.3 is 5.11 Å². The van der Waals surface area contributed by atoms with Crippen LogP contribution in [-0.2, 0) is 0 Å². The van der Waals surface area contributed by atoms with Crippen LogP contribution >= 0.6 is 0 Å². The van der Waals surface area contributed by atoms with Crippen LogP contribution in [0.3, 0.4) is 0 Å². The highest BCUT2D eigenvalue weighted by Gasteiger charge is 2.27. The van der Waals surface area contributed by atoms with Gasteiger partial charge in [-0.05, 0) is 25.8 Å². The number of hydrogen-bond acceptors (Lipinski definition) is 3. The van der Waals surface area contributed by atoms with E-state index in [0.29, 0.717) is 6.04 Å². The topological polar surface area (TPSA) is 47.3 Å². The lowest BCUT2D eigenvalue weighted by Crippen LogP contribution is -2.42. The van der Waals surface area contributed by atoms with Crippen LogP contribution in [0.15, 0.2) is 0 Å². The molecule has 1 rings (SSSR count). The molecule has 2 unspecified atom stereocenters. The summed E-state index contributed by atoms with van der Waals surface area (Å²) in [6.07, 6.45) is 6.93. The summed E-state index contributed by atoms with van der Waals surface area (Å²) in [5, 5.41) is 18.3. The molecule has 16 heavy (non-hydrogen) atoms. The largest absolute Gasteiger partial charge is 0.395 e. The molecule has 0 amide bonds. The maximum atomic E-state index is 9.23. The molecule has 0 bridgehead atoms. The van der Waals surface area contributed by atoms with Crippen LogP contribution in [0.4, 0.5) is 0 Å². The fraction of sp³-hybridized carbons (Fsp3) is 0.923. The Kier molecular flexibility index (Phi) is 6.44. The molecule has 0 aliphatic heterocycles. The van der Waals surface area contributed by atoms with Crippen LogP contribution in [0, 0.1) is 17.2 Å². The smallest absolute Gasteiger partial charge is 0.0672 e. The first kappa shape index (κ1) is 13.5. The second-order valence-corrected chi connectivity index (χ2v) is 4.70. The minimum atomic E-state index is 0.167. The van der Waals surface area contributed by atoms with Gasteiger partial charge in [0.25, 0.3) is 0 Å². The van der Waals surface area contributed by atoms with Crippen molar-refractivity contribution in [2.75, 3.05) is 19.7 Å². The average molecular weight is 224 g/mol. The summed E-state index contributed by atoms with van der Waals surface area (Å²) in [6.45, 7) is 4.08. The molecule has 1 aliphatic rings. The van der Waals surface area contributed by atoms with E-state index in [4.69, 9.17) is 5.11 Å². The third kappa shape index (κ3) is 3.77. The fourth-order valence-electron chi connectivity index (χ4n) is 2.73. The molecule has 0 aromatic rings. The molecular formula is C13H24N2O. The van der Waals surface area contributed by atoms with Crippen LogP contribution in [0.5, 0.6) is 0 Å². The summed E-state index contributed by atoms with van der Waals surface area (Å²) in [5.74, 6) is 0.167. The van der Waals surface area contributed by atoms with E-state index in [1.165, 1.54) is 19.3 Å². The number of rotatable bonds is 5. The molecular weight excluding hydrogens is 200 g/mol. The number of nitrogens with zero attached hydrogens (tertiary/aromatic N) is 2. The number of aliphatic hydroxyl groups excluding tert-OH is 1. The Bertz CT molecular complexity index is 218. The first-order valence-electron chi connectivity index (χ1n) is 6.58. The Hall–Kier alpha value is -0.590. The van der Waals surface area contributed by atoms with Gasteiger partial charge in [-0.3, -0.25) is 4.90 Å². The van der Waals surface area contributed by atoms with Gasteiger partial charge in [0.2, 0.25) is 0 Å². The molecule has 92 valence electrons. The van der Waals surface area contributed by atoms with Crippen molar-refractivity contribution in [3.8, 4) is 6.07 Å². The van der Waals surface area contributed by atoms with Crippen molar-refractivity contribution in [3.63, 3.8) is 0 Å². The second-order valence-electron chi connectivity index (χ2n) is 4.70. The van der Waals surface area contributed by atoms with Gasteiger partial charge >= 0.3 is 0 Å². The highest BCUT2D eigenvalue weighted by Crippen LogP contribution is 2.27. The maximum Gasteiger partial charge on any atom is 0.0672 e. The number of nitriles is 1. The monoisotopic (exact) mass is 224 g/mol. The van der Waals surface area contributed by atoms with E-state index in [0.717, 1.165) is 32.4 Å². The summed E-state index contributed by atoms with van der Waals surface area (Å²) in [6, 6.07) is 2.84. The molecule has 0 aromatic heterocycles. The zero-order valence-electron chi connectivity index (χ0n) is 10.4. The Morgan fingerprint density at radius 1 is 1.25 bits per heavy atom. The van der Waals surface area contributed by atoms with Crippen molar-refractivity contribution in [1.29, 1.82) is 5.26 Å². The SMILES string of the molecule is CCCN(CCO)C1CCCCCC1C#N. The highest BCUT2D eigenvalue weighted by atomic mass is 16.3. The highest BCUT2D eigenvalue weighted by molar-refractivity contribution is 4.94. The predicted octanol–water partition coefficient (Wildman–Crippen LogP) is 2.16. The molecule has 3 nitrogen and oxygen atoms in total. The molecule has 0 aromatic carbocycles. The Morgan fingerprint density at radius 3 is 2.62 bits per heavy atom. The normalized spacial score (nSPS) is 26.4. The summed E-state index contributed by atoms with van der Waals surface area (Å²) < 4.78 is 0. The van der Waals surface area contributed by atoms with E-state index in [1.54, 1.807) is 0 Å². The average Bonchev–Trinajstić information content (AvgIpc) is 2.53. The van der Waals surface area contributed by atoms with Crippen molar-refractivity contribution < 1.29 is 5.11 Å². The van der Waals surface area contributed by atoms with Crippen molar-refractivity contribution >= 4 is 0 Å². The third-order valence-corrected chi connectivity index (χ3v) is 3.51. The Labute approximate surface area is 99.1 Å². The van der Waals surface area contributed by atoms with Crippen LogP contribution < -0.4 is 0 Å². The minimum absolute atomic E-state index is 0.167. The lowest BCUT2D eigenvalue weighted by molar-refractivity contribution is 0.121. The zero-order valence-corrected chi connectivity index (χ0v) is 10.4.